The molecule has 2 rings (SSSR count). The number of aryl methyl sites for hydroxylation is 1. The summed E-state index contributed by atoms with van der Waals surface area (Å²) >= 11 is 0. The van der Waals surface area contributed by atoms with Crippen LogP contribution in [0.5, 0.6) is 0 Å². The molecule has 2 N–H and O–H groups in total. The molecule has 1 aliphatic carbocycles. The van der Waals surface area contributed by atoms with E-state index in [1.54, 1.807) is 10.9 Å². The fourth-order valence-electron chi connectivity index (χ4n) is 2.17. The van der Waals surface area contributed by atoms with Crippen LogP contribution < -0.4 is 5.32 Å². The highest BCUT2D eigenvalue weighted by molar-refractivity contribution is 5.38. The van der Waals surface area contributed by atoms with Crippen molar-refractivity contribution < 1.29 is 5.11 Å². The van der Waals surface area contributed by atoms with Gasteiger partial charge in [0, 0.05) is 19.8 Å². The van der Waals surface area contributed by atoms with Crippen LogP contribution in [0, 0.1) is 0 Å². The molecule has 0 aromatic carbocycles. The van der Waals surface area contributed by atoms with E-state index in [2.05, 4.69) is 10.4 Å². The van der Waals surface area contributed by atoms with Gasteiger partial charge in [-0.15, -0.1) is 0 Å². The zero-order chi connectivity index (χ0) is 10.7. The zero-order valence-electron chi connectivity index (χ0n) is 9.24. The molecular weight excluding hydrogens is 190 g/mol. The van der Waals surface area contributed by atoms with Gasteiger partial charge < -0.3 is 10.4 Å². The van der Waals surface area contributed by atoms with Gasteiger partial charge in [-0.2, -0.15) is 5.10 Å². The van der Waals surface area contributed by atoms with Crippen molar-refractivity contribution >= 4 is 5.69 Å². The molecular formula is C11H19N3O. The molecule has 0 spiro atoms. The fraction of sp³-hybridized carbons (Fsp3) is 0.727. The smallest absolute Gasteiger partial charge is 0.0819 e. The second kappa shape index (κ2) is 4.23. The first kappa shape index (κ1) is 10.5. The van der Waals surface area contributed by atoms with E-state index in [9.17, 15) is 5.11 Å². The number of hydrogen-bond acceptors (Lipinski definition) is 3. The van der Waals surface area contributed by atoms with Gasteiger partial charge >= 0.3 is 0 Å². The first-order chi connectivity index (χ1) is 7.18. The van der Waals surface area contributed by atoms with E-state index < -0.39 is 5.60 Å². The van der Waals surface area contributed by atoms with Crippen molar-refractivity contribution in [2.75, 3.05) is 11.9 Å². The highest BCUT2D eigenvalue weighted by Crippen LogP contribution is 2.28. The molecule has 4 nitrogen and oxygen atoms in total. The van der Waals surface area contributed by atoms with Gasteiger partial charge in [0.1, 0.15) is 0 Å². The third kappa shape index (κ3) is 2.72. The molecule has 4 heteroatoms. The maximum absolute atomic E-state index is 10.2. The van der Waals surface area contributed by atoms with Crippen LogP contribution in [0.1, 0.15) is 32.1 Å². The maximum atomic E-state index is 10.2. The quantitative estimate of drug-likeness (QED) is 0.793. The first-order valence-electron chi connectivity index (χ1n) is 5.63. The van der Waals surface area contributed by atoms with Crippen molar-refractivity contribution in [3.8, 4) is 0 Å². The number of anilines is 1. The predicted octanol–water partition coefficient (Wildman–Crippen LogP) is 1.53. The van der Waals surface area contributed by atoms with Gasteiger partial charge in [0.25, 0.3) is 0 Å². The summed E-state index contributed by atoms with van der Waals surface area (Å²) in [6.07, 6.45) is 9.09. The van der Waals surface area contributed by atoms with Crippen LogP contribution in [-0.2, 0) is 7.05 Å². The maximum Gasteiger partial charge on any atom is 0.0819 e. The predicted molar refractivity (Wildman–Crippen MR) is 59.7 cm³/mol. The van der Waals surface area contributed by atoms with Crippen molar-refractivity contribution in [2.24, 2.45) is 7.05 Å². The summed E-state index contributed by atoms with van der Waals surface area (Å²) in [6, 6.07) is 0. The van der Waals surface area contributed by atoms with Gasteiger partial charge in [0.2, 0.25) is 0 Å². The van der Waals surface area contributed by atoms with Gasteiger partial charge in [-0.05, 0) is 12.8 Å². The largest absolute Gasteiger partial charge is 0.388 e. The number of aliphatic hydroxyl groups is 1. The molecule has 1 saturated carbocycles. The summed E-state index contributed by atoms with van der Waals surface area (Å²) in [5.74, 6) is 0. The summed E-state index contributed by atoms with van der Waals surface area (Å²) in [5.41, 5.74) is 0.477. The minimum Gasteiger partial charge on any atom is -0.388 e. The molecule has 1 aliphatic rings. The van der Waals surface area contributed by atoms with Crippen molar-refractivity contribution in [3.63, 3.8) is 0 Å². The average molecular weight is 209 g/mol. The van der Waals surface area contributed by atoms with Crippen LogP contribution in [0.4, 0.5) is 5.69 Å². The molecule has 0 saturated heterocycles. The van der Waals surface area contributed by atoms with E-state index >= 15 is 0 Å². The van der Waals surface area contributed by atoms with Crippen molar-refractivity contribution in [1.82, 2.24) is 9.78 Å². The number of aromatic nitrogens is 2. The highest BCUT2D eigenvalue weighted by Gasteiger charge is 2.28. The lowest BCUT2D eigenvalue weighted by Crippen LogP contribution is -2.38. The van der Waals surface area contributed by atoms with Gasteiger partial charge in [0.05, 0.1) is 17.5 Å². The van der Waals surface area contributed by atoms with Crippen molar-refractivity contribution in [2.45, 2.75) is 37.7 Å². The van der Waals surface area contributed by atoms with Gasteiger partial charge in [0.15, 0.2) is 0 Å². The topological polar surface area (TPSA) is 50.1 Å². The molecule has 0 unspecified atom stereocenters. The Labute approximate surface area is 90.3 Å². The Morgan fingerprint density at radius 3 is 2.80 bits per heavy atom. The molecule has 1 aromatic heterocycles. The standard InChI is InChI=1S/C11H19N3O/c1-14-8-10(7-13-14)12-9-11(15)5-3-2-4-6-11/h7-8,12,15H,2-6,9H2,1H3. The Bertz CT molecular complexity index is 315. The van der Waals surface area contributed by atoms with Gasteiger partial charge in [-0.1, -0.05) is 19.3 Å². The average Bonchev–Trinajstić information content (AvgIpc) is 2.63. The Balaban J connectivity index is 1.86. The van der Waals surface area contributed by atoms with Crippen LogP contribution in [0.25, 0.3) is 0 Å². The number of rotatable bonds is 3. The normalized spacial score (nSPS) is 20.1. The Morgan fingerprint density at radius 1 is 1.47 bits per heavy atom. The summed E-state index contributed by atoms with van der Waals surface area (Å²) in [7, 11) is 1.89. The van der Waals surface area contributed by atoms with Crippen LogP contribution in [0.3, 0.4) is 0 Å². The van der Waals surface area contributed by atoms with E-state index in [1.165, 1.54) is 6.42 Å². The summed E-state index contributed by atoms with van der Waals surface area (Å²) < 4.78 is 1.76. The molecule has 0 aliphatic heterocycles. The van der Waals surface area contributed by atoms with E-state index in [1.807, 2.05) is 13.2 Å². The molecule has 1 aromatic rings. The summed E-state index contributed by atoms with van der Waals surface area (Å²) in [5, 5.41) is 17.6. The van der Waals surface area contributed by atoms with Crippen LogP contribution in [0.15, 0.2) is 12.4 Å². The van der Waals surface area contributed by atoms with Crippen molar-refractivity contribution in [3.05, 3.63) is 12.4 Å². The Morgan fingerprint density at radius 2 is 2.20 bits per heavy atom. The number of nitrogens with zero attached hydrogens (tertiary/aromatic N) is 2. The minimum atomic E-state index is -0.506. The second-order valence-electron chi connectivity index (χ2n) is 4.54. The molecule has 1 heterocycles. The van der Waals surface area contributed by atoms with E-state index in [-0.39, 0.29) is 0 Å². The van der Waals surface area contributed by atoms with Crippen LogP contribution in [-0.4, -0.2) is 27.0 Å². The van der Waals surface area contributed by atoms with Gasteiger partial charge in [-0.3, -0.25) is 4.68 Å². The molecule has 0 radical (unpaired) electrons. The summed E-state index contributed by atoms with van der Waals surface area (Å²) in [6.45, 7) is 0.638. The van der Waals surface area contributed by atoms with Gasteiger partial charge in [-0.25, -0.2) is 0 Å². The lowest BCUT2D eigenvalue weighted by Gasteiger charge is -2.32. The van der Waals surface area contributed by atoms with Crippen LogP contribution >= 0.6 is 0 Å². The van der Waals surface area contributed by atoms with Crippen molar-refractivity contribution in [1.29, 1.82) is 0 Å². The third-order valence-electron chi connectivity index (χ3n) is 3.11. The second-order valence-corrected chi connectivity index (χ2v) is 4.54. The van der Waals surface area contributed by atoms with E-state index in [0.717, 1.165) is 31.4 Å². The highest BCUT2D eigenvalue weighted by atomic mass is 16.3. The molecule has 15 heavy (non-hydrogen) atoms. The number of nitrogens with one attached hydrogen (secondary N) is 1. The SMILES string of the molecule is Cn1cc(NCC2(O)CCCCC2)cn1. The number of hydrogen-bond donors (Lipinski definition) is 2. The van der Waals surface area contributed by atoms with E-state index in [0.29, 0.717) is 6.54 Å². The third-order valence-corrected chi connectivity index (χ3v) is 3.11. The Hall–Kier alpha value is -1.03. The molecule has 0 bridgehead atoms. The molecule has 1 fully saturated rings. The zero-order valence-corrected chi connectivity index (χ0v) is 9.24. The lowest BCUT2D eigenvalue weighted by molar-refractivity contribution is 0.0167. The molecule has 84 valence electrons. The minimum absolute atomic E-state index is 0.506. The molecule has 0 atom stereocenters. The van der Waals surface area contributed by atoms with E-state index in [4.69, 9.17) is 0 Å². The molecule has 0 amide bonds. The first-order valence-corrected chi connectivity index (χ1v) is 5.63. The summed E-state index contributed by atoms with van der Waals surface area (Å²) in [4.78, 5) is 0. The monoisotopic (exact) mass is 209 g/mol. The Kier molecular flexibility index (Phi) is 2.95. The fourth-order valence-corrected chi connectivity index (χ4v) is 2.17. The lowest BCUT2D eigenvalue weighted by atomic mass is 9.85. The van der Waals surface area contributed by atoms with Crippen LogP contribution in [0.2, 0.25) is 0 Å².